The highest BCUT2D eigenvalue weighted by molar-refractivity contribution is 7.89. The minimum atomic E-state index is -3.44. The molecule has 2 N–H and O–H groups in total. The number of nitrogens with zero attached hydrogens (tertiary/aromatic N) is 2. The van der Waals surface area contributed by atoms with Crippen LogP contribution in [0, 0.1) is 0 Å². The van der Waals surface area contributed by atoms with Crippen molar-refractivity contribution < 1.29 is 12.9 Å². The van der Waals surface area contributed by atoms with E-state index in [9.17, 15) is 8.42 Å². The number of rotatable bonds is 4. The lowest BCUT2D eigenvalue weighted by Crippen LogP contribution is -2.38. The molecule has 0 aliphatic carbocycles. The number of hydrogen-bond donors (Lipinski definition) is 1. The van der Waals surface area contributed by atoms with Crippen LogP contribution in [0.25, 0.3) is 0 Å². The van der Waals surface area contributed by atoms with Crippen LogP contribution < -0.4 is 5.73 Å². The number of aryl methyl sites for hydroxylation is 1. The molecule has 1 saturated heterocycles. The third-order valence-electron chi connectivity index (χ3n) is 4.39. The Kier molecular flexibility index (Phi) is 4.41. The van der Waals surface area contributed by atoms with E-state index in [4.69, 9.17) is 10.3 Å². The topological polar surface area (TPSA) is 89.4 Å². The molecule has 124 valence electrons. The van der Waals surface area contributed by atoms with Crippen molar-refractivity contribution >= 4 is 15.9 Å². The molecule has 1 aliphatic heterocycles. The molecule has 7 heteroatoms. The number of benzene rings is 1. The molecule has 6 nitrogen and oxygen atoms in total. The fourth-order valence-corrected chi connectivity index (χ4v) is 4.84. The lowest BCUT2D eigenvalue weighted by molar-refractivity contribution is 0.309. The van der Waals surface area contributed by atoms with Gasteiger partial charge in [0.25, 0.3) is 0 Å². The maximum absolute atomic E-state index is 12.9. The zero-order valence-corrected chi connectivity index (χ0v) is 13.9. The highest BCUT2D eigenvalue weighted by atomic mass is 32.2. The Hall–Kier alpha value is -1.86. The van der Waals surface area contributed by atoms with Gasteiger partial charge >= 0.3 is 0 Å². The summed E-state index contributed by atoms with van der Waals surface area (Å²) < 4.78 is 32.3. The minimum absolute atomic E-state index is 0.198. The van der Waals surface area contributed by atoms with Crippen LogP contribution in [-0.2, 0) is 16.4 Å². The van der Waals surface area contributed by atoms with E-state index in [-0.39, 0.29) is 5.92 Å². The second-order valence-electron chi connectivity index (χ2n) is 5.79. The fourth-order valence-electron chi connectivity index (χ4n) is 3.07. The molecule has 0 amide bonds. The minimum Gasteiger partial charge on any atom is -0.368 e. The summed E-state index contributed by atoms with van der Waals surface area (Å²) in [6, 6.07) is 8.94. The van der Waals surface area contributed by atoms with Gasteiger partial charge in [0.1, 0.15) is 0 Å². The van der Waals surface area contributed by atoms with Crippen molar-refractivity contribution in [2.45, 2.75) is 37.0 Å². The standard InChI is InChI=1S/C16H21N3O3S/c1-2-12-5-3-4-6-15(12)23(20,21)19-9-7-13(8-10-19)14-11-16(17)22-18-14/h3-6,11,13H,2,7-10,17H2,1H3. The summed E-state index contributed by atoms with van der Waals surface area (Å²) in [4.78, 5) is 0.423. The Morgan fingerprint density at radius 1 is 1.30 bits per heavy atom. The molecule has 0 atom stereocenters. The Morgan fingerprint density at radius 2 is 2.00 bits per heavy atom. The summed E-state index contributed by atoms with van der Waals surface area (Å²) in [7, 11) is -3.44. The van der Waals surface area contributed by atoms with Crippen molar-refractivity contribution in [2.75, 3.05) is 18.8 Å². The summed E-state index contributed by atoms with van der Waals surface area (Å²) in [5, 5.41) is 3.94. The zero-order chi connectivity index (χ0) is 16.4. The van der Waals surface area contributed by atoms with Gasteiger partial charge in [-0.3, -0.25) is 0 Å². The van der Waals surface area contributed by atoms with E-state index in [1.54, 1.807) is 22.5 Å². The summed E-state index contributed by atoms with van der Waals surface area (Å²) in [5.41, 5.74) is 7.23. The van der Waals surface area contributed by atoms with Crippen molar-refractivity contribution in [1.82, 2.24) is 9.46 Å². The van der Waals surface area contributed by atoms with Gasteiger partial charge in [-0.2, -0.15) is 4.31 Å². The smallest absolute Gasteiger partial charge is 0.243 e. The summed E-state index contributed by atoms with van der Waals surface area (Å²) >= 11 is 0. The molecule has 1 aromatic heterocycles. The molecular weight excluding hydrogens is 314 g/mol. The predicted molar refractivity (Wildman–Crippen MR) is 87.5 cm³/mol. The van der Waals surface area contributed by atoms with Crippen molar-refractivity contribution in [2.24, 2.45) is 0 Å². The lowest BCUT2D eigenvalue weighted by Gasteiger charge is -2.30. The first-order valence-electron chi connectivity index (χ1n) is 7.82. The van der Waals surface area contributed by atoms with Crippen LogP contribution >= 0.6 is 0 Å². The number of sulfonamides is 1. The number of aromatic nitrogens is 1. The van der Waals surface area contributed by atoms with Crippen molar-refractivity contribution in [3.05, 3.63) is 41.6 Å². The van der Waals surface area contributed by atoms with Crippen LogP contribution in [0.3, 0.4) is 0 Å². The Balaban J connectivity index is 1.76. The second kappa shape index (κ2) is 6.33. The summed E-state index contributed by atoms with van der Waals surface area (Å²) in [5.74, 6) is 0.496. The van der Waals surface area contributed by atoms with Crippen LogP contribution in [0.5, 0.6) is 0 Å². The van der Waals surface area contributed by atoms with Gasteiger partial charge in [-0.15, -0.1) is 0 Å². The molecule has 1 aliphatic rings. The van der Waals surface area contributed by atoms with Gasteiger partial charge in [-0.05, 0) is 30.9 Å². The number of hydrogen-bond acceptors (Lipinski definition) is 5. The summed E-state index contributed by atoms with van der Waals surface area (Å²) in [6.07, 6.45) is 2.14. The van der Waals surface area contributed by atoms with Gasteiger partial charge < -0.3 is 10.3 Å². The van der Waals surface area contributed by atoms with E-state index in [0.717, 1.165) is 24.1 Å². The van der Waals surface area contributed by atoms with Crippen LogP contribution in [0.15, 0.2) is 39.8 Å². The number of anilines is 1. The molecule has 0 spiro atoms. The third kappa shape index (κ3) is 3.11. The molecule has 0 saturated carbocycles. The molecule has 3 rings (SSSR count). The SMILES string of the molecule is CCc1ccccc1S(=O)(=O)N1CCC(c2cc(N)on2)CC1. The van der Waals surface area contributed by atoms with Crippen LogP contribution in [0.1, 0.15) is 36.9 Å². The maximum Gasteiger partial charge on any atom is 0.243 e. The highest BCUT2D eigenvalue weighted by Gasteiger charge is 2.31. The van der Waals surface area contributed by atoms with Crippen LogP contribution in [0.2, 0.25) is 0 Å². The molecule has 1 aromatic carbocycles. The predicted octanol–water partition coefficient (Wildman–Crippen LogP) is 2.39. The molecule has 0 unspecified atom stereocenters. The summed E-state index contributed by atoms with van der Waals surface area (Å²) in [6.45, 7) is 2.94. The van der Waals surface area contributed by atoms with Gasteiger partial charge in [-0.1, -0.05) is 30.3 Å². The number of nitrogens with two attached hydrogens (primary N) is 1. The number of piperidine rings is 1. The normalized spacial score (nSPS) is 17.4. The first kappa shape index (κ1) is 16.0. The first-order valence-corrected chi connectivity index (χ1v) is 9.26. The highest BCUT2D eigenvalue weighted by Crippen LogP contribution is 2.31. The van der Waals surface area contributed by atoms with Crippen molar-refractivity contribution in [3.63, 3.8) is 0 Å². The zero-order valence-electron chi connectivity index (χ0n) is 13.1. The first-order chi connectivity index (χ1) is 11.0. The van der Waals surface area contributed by atoms with E-state index in [0.29, 0.717) is 30.3 Å². The average molecular weight is 335 g/mol. The number of nitrogen functional groups attached to an aromatic ring is 1. The largest absolute Gasteiger partial charge is 0.368 e. The third-order valence-corrected chi connectivity index (χ3v) is 6.39. The van der Waals surface area contributed by atoms with Gasteiger partial charge in [0.2, 0.25) is 15.9 Å². The molecule has 0 radical (unpaired) electrons. The van der Waals surface area contributed by atoms with Crippen LogP contribution in [0.4, 0.5) is 5.88 Å². The van der Waals surface area contributed by atoms with Gasteiger partial charge in [0, 0.05) is 25.1 Å². The van der Waals surface area contributed by atoms with Gasteiger partial charge in [0.05, 0.1) is 10.6 Å². The van der Waals surface area contributed by atoms with E-state index >= 15 is 0 Å². The van der Waals surface area contributed by atoms with Gasteiger partial charge in [-0.25, -0.2) is 8.42 Å². The van der Waals surface area contributed by atoms with E-state index in [2.05, 4.69) is 5.16 Å². The average Bonchev–Trinajstić information content (AvgIpc) is 3.01. The molecular formula is C16H21N3O3S. The molecule has 1 fully saturated rings. The quantitative estimate of drug-likeness (QED) is 0.926. The second-order valence-corrected chi connectivity index (χ2v) is 7.70. The lowest BCUT2D eigenvalue weighted by atomic mass is 9.95. The Morgan fingerprint density at radius 3 is 2.61 bits per heavy atom. The fraction of sp³-hybridized carbons (Fsp3) is 0.438. The Labute approximate surface area is 136 Å². The van der Waals surface area contributed by atoms with Crippen LogP contribution in [-0.4, -0.2) is 31.0 Å². The van der Waals surface area contributed by atoms with E-state index in [1.165, 1.54) is 0 Å². The van der Waals surface area contributed by atoms with Crippen molar-refractivity contribution in [3.8, 4) is 0 Å². The molecule has 2 aromatic rings. The van der Waals surface area contributed by atoms with E-state index in [1.807, 2.05) is 19.1 Å². The molecule has 0 bridgehead atoms. The monoisotopic (exact) mass is 335 g/mol. The maximum atomic E-state index is 12.9. The molecule has 2 heterocycles. The van der Waals surface area contributed by atoms with Gasteiger partial charge in [0.15, 0.2) is 0 Å². The van der Waals surface area contributed by atoms with E-state index < -0.39 is 10.0 Å². The molecule has 23 heavy (non-hydrogen) atoms. The Bertz CT molecular complexity index is 777. The van der Waals surface area contributed by atoms with Crippen molar-refractivity contribution in [1.29, 1.82) is 0 Å².